The highest BCUT2D eigenvalue weighted by Crippen LogP contribution is 2.29. The van der Waals surface area contributed by atoms with Gasteiger partial charge in [0, 0.05) is 11.4 Å². The van der Waals surface area contributed by atoms with Crippen LogP contribution in [0.25, 0.3) is 0 Å². The first kappa shape index (κ1) is 8.70. The average molecular weight is 176 g/mol. The number of hydrogen-bond acceptors (Lipinski definition) is 2. The second-order valence-corrected chi connectivity index (χ2v) is 3.81. The fraction of sp³-hybridized carbons (Fsp3) is 0.545. The first-order valence-corrected chi connectivity index (χ1v) is 4.97. The first-order valence-electron chi connectivity index (χ1n) is 4.97. The molecule has 0 amide bonds. The fourth-order valence-corrected chi connectivity index (χ4v) is 2.11. The van der Waals surface area contributed by atoms with Crippen LogP contribution in [0.2, 0.25) is 0 Å². The maximum atomic E-state index is 5.73. The van der Waals surface area contributed by atoms with Crippen molar-refractivity contribution in [1.29, 1.82) is 0 Å². The summed E-state index contributed by atoms with van der Waals surface area (Å²) in [5.74, 6) is 0.553. The van der Waals surface area contributed by atoms with E-state index in [4.69, 9.17) is 5.73 Å². The molecule has 1 aromatic rings. The van der Waals surface area contributed by atoms with Gasteiger partial charge in [-0.05, 0) is 50.3 Å². The Morgan fingerprint density at radius 1 is 1.54 bits per heavy atom. The van der Waals surface area contributed by atoms with E-state index >= 15 is 0 Å². The maximum Gasteiger partial charge on any atom is 0.0442 e. The molecular weight excluding hydrogens is 160 g/mol. The molecule has 1 aliphatic rings. The Labute approximate surface area is 79.2 Å². The third kappa shape index (κ3) is 1.59. The summed E-state index contributed by atoms with van der Waals surface area (Å²) in [6.45, 7) is 2.81. The van der Waals surface area contributed by atoms with E-state index in [-0.39, 0.29) is 0 Å². The zero-order valence-electron chi connectivity index (χ0n) is 8.09. The molecule has 1 heterocycles. The average Bonchev–Trinajstić information content (AvgIpc) is 2.16. The lowest BCUT2D eigenvalue weighted by molar-refractivity contribution is 0.550. The molecule has 0 saturated carbocycles. The van der Waals surface area contributed by atoms with Crippen molar-refractivity contribution in [2.75, 3.05) is 6.54 Å². The summed E-state index contributed by atoms with van der Waals surface area (Å²) in [7, 11) is 0. The van der Waals surface area contributed by atoms with Gasteiger partial charge in [0.1, 0.15) is 0 Å². The van der Waals surface area contributed by atoms with Gasteiger partial charge in [0.15, 0.2) is 0 Å². The van der Waals surface area contributed by atoms with Crippen molar-refractivity contribution in [3.63, 3.8) is 0 Å². The van der Waals surface area contributed by atoms with Crippen molar-refractivity contribution in [3.05, 3.63) is 29.1 Å². The van der Waals surface area contributed by atoms with Gasteiger partial charge in [0.25, 0.3) is 0 Å². The zero-order valence-corrected chi connectivity index (χ0v) is 8.09. The van der Waals surface area contributed by atoms with Gasteiger partial charge in [0.2, 0.25) is 0 Å². The molecule has 0 aliphatic heterocycles. The number of nitrogens with zero attached hydrogens (tertiary/aromatic N) is 1. The largest absolute Gasteiger partial charge is 0.330 e. The van der Waals surface area contributed by atoms with Gasteiger partial charge >= 0.3 is 0 Å². The standard InChI is InChI=1S/C11H16N2/c1-8-5-6-10-9(7-12)3-2-4-11(10)13-8/h5-6,9H,2-4,7,12H2,1H3. The Hall–Kier alpha value is -0.890. The minimum atomic E-state index is 0.553. The summed E-state index contributed by atoms with van der Waals surface area (Å²) in [5, 5.41) is 0. The number of fused-ring (bicyclic) bond motifs is 1. The molecule has 2 heteroatoms. The summed E-state index contributed by atoms with van der Waals surface area (Å²) in [6, 6.07) is 4.29. The van der Waals surface area contributed by atoms with Gasteiger partial charge in [-0.2, -0.15) is 0 Å². The van der Waals surface area contributed by atoms with Gasteiger partial charge < -0.3 is 5.73 Å². The summed E-state index contributed by atoms with van der Waals surface area (Å²) in [4.78, 5) is 4.56. The highest BCUT2D eigenvalue weighted by Gasteiger charge is 2.19. The molecule has 2 N–H and O–H groups in total. The van der Waals surface area contributed by atoms with E-state index in [0.29, 0.717) is 5.92 Å². The van der Waals surface area contributed by atoms with Crippen LogP contribution in [0.1, 0.15) is 35.7 Å². The Balaban J connectivity index is 2.40. The number of pyridine rings is 1. The molecule has 0 fully saturated rings. The molecule has 0 radical (unpaired) electrons. The molecule has 1 atom stereocenters. The summed E-state index contributed by atoms with van der Waals surface area (Å²) in [6.07, 6.45) is 3.60. The molecule has 0 spiro atoms. The van der Waals surface area contributed by atoms with Crippen LogP contribution < -0.4 is 5.73 Å². The number of hydrogen-bond donors (Lipinski definition) is 1. The van der Waals surface area contributed by atoms with Gasteiger partial charge in [-0.15, -0.1) is 0 Å². The van der Waals surface area contributed by atoms with Crippen molar-refractivity contribution in [2.45, 2.75) is 32.1 Å². The van der Waals surface area contributed by atoms with Crippen molar-refractivity contribution >= 4 is 0 Å². The SMILES string of the molecule is Cc1ccc2c(n1)CCCC2CN. The zero-order chi connectivity index (χ0) is 9.26. The smallest absolute Gasteiger partial charge is 0.0442 e. The Bertz CT molecular complexity index is 307. The number of nitrogens with two attached hydrogens (primary N) is 1. The van der Waals surface area contributed by atoms with E-state index in [1.54, 1.807) is 0 Å². The van der Waals surface area contributed by atoms with Gasteiger partial charge in [-0.25, -0.2) is 0 Å². The van der Waals surface area contributed by atoms with Crippen LogP contribution >= 0.6 is 0 Å². The molecule has 0 bridgehead atoms. The predicted molar refractivity (Wildman–Crippen MR) is 53.7 cm³/mol. The number of rotatable bonds is 1. The summed E-state index contributed by atoms with van der Waals surface area (Å²) >= 11 is 0. The van der Waals surface area contributed by atoms with Crippen molar-refractivity contribution in [3.8, 4) is 0 Å². The molecule has 1 unspecified atom stereocenters. The molecule has 1 aliphatic carbocycles. The van der Waals surface area contributed by atoms with Crippen LogP contribution in [0.3, 0.4) is 0 Å². The van der Waals surface area contributed by atoms with Crippen LogP contribution in [-0.2, 0) is 6.42 Å². The number of aromatic nitrogens is 1. The second-order valence-electron chi connectivity index (χ2n) is 3.81. The highest BCUT2D eigenvalue weighted by molar-refractivity contribution is 5.29. The molecule has 2 rings (SSSR count). The van der Waals surface area contributed by atoms with E-state index in [9.17, 15) is 0 Å². The molecular formula is C11H16N2. The minimum Gasteiger partial charge on any atom is -0.330 e. The van der Waals surface area contributed by atoms with E-state index in [0.717, 1.165) is 18.7 Å². The monoisotopic (exact) mass is 176 g/mol. The van der Waals surface area contributed by atoms with Crippen LogP contribution in [0.5, 0.6) is 0 Å². The molecule has 2 nitrogen and oxygen atoms in total. The van der Waals surface area contributed by atoms with Crippen molar-refractivity contribution in [1.82, 2.24) is 4.98 Å². The quantitative estimate of drug-likeness (QED) is 0.708. The first-order chi connectivity index (χ1) is 6.31. The van der Waals surface area contributed by atoms with E-state index < -0.39 is 0 Å². The van der Waals surface area contributed by atoms with Gasteiger partial charge in [-0.3, -0.25) is 4.98 Å². The lowest BCUT2D eigenvalue weighted by Crippen LogP contribution is -2.19. The van der Waals surface area contributed by atoms with E-state index in [1.807, 2.05) is 6.92 Å². The number of aryl methyl sites for hydroxylation is 2. The predicted octanol–water partition coefficient (Wildman–Crippen LogP) is 1.77. The van der Waals surface area contributed by atoms with Crippen LogP contribution in [0, 0.1) is 6.92 Å². The lowest BCUT2D eigenvalue weighted by Gasteiger charge is -2.23. The van der Waals surface area contributed by atoms with Gasteiger partial charge in [0.05, 0.1) is 0 Å². The minimum absolute atomic E-state index is 0.553. The highest BCUT2D eigenvalue weighted by atomic mass is 14.7. The van der Waals surface area contributed by atoms with E-state index in [1.165, 1.54) is 24.1 Å². The van der Waals surface area contributed by atoms with Crippen LogP contribution in [0.4, 0.5) is 0 Å². The van der Waals surface area contributed by atoms with Crippen LogP contribution in [0.15, 0.2) is 12.1 Å². The van der Waals surface area contributed by atoms with E-state index in [2.05, 4.69) is 17.1 Å². The topological polar surface area (TPSA) is 38.9 Å². The Morgan fingerprint density at radius 3 is 3.15 bits per heavy atom. The Kier molecular flexibility index (Phi) is 2.32. The Morgan fingerprint density at radius 2 is 2.38 bits per heavy atom. The molecule has 70 valence electrons. The molecule has 13 heavy (non-hydrogen) atoms. The fourth-order valence-electron chi connectivity index (χ4n) is 2.11. The van der Waals surface area contributed by atoms with Crippen LogP contribution in [-0.4, -0.2) is 11.5 Å². The lowest BCUT2D eigenvalue weighted by atomic mass is 9.85. The molecule has 0 saturated heterocycles. The summed E-state index contributed by atoms with van der Waals surface area (Å²) in [5.41, 5.74) is 9.52. The normalized spacial score (nSPS) is 21.2. The molecule has 0 aromatic carbocycles. The third-order valence-corrected chi connectivity index (χ3v) is 2.84. The third-order valence-electron chi connectivity index (χ3n) is 2.84. The van der Waals surface area contributed by atoms with Crippen molar-refractivity contribution in [2.24, 2.45) is 5.73 Å². The maximum absolute atomic E-state index is 5.73. The summed E-state index contributed by atoms with van der Waals surface area (Å²) < 4.78 is 0. The second kappa shape index (κ2) is 3.46. The van der Waals surface area contributed by atoms with Crippen molar-refractivity contribution < 1.29 is 0 Å². The van der Waals surface area contributed by atoms with Gasteiger partial charge in [-0.1, -0.05) is 6.07 Å². The molecule has 1 aromatic heterocycles.